The number of esters is 1. The topological polar surface area (TPSA) is 101 Å². The monoisotopic (exact) mass is 487 g/mol. The molecule has 0 spiro atoms. The van der Waals surface area contributed by atoms with E-state index in [0.29, 0.717) is 25.9 Å². The molecule has 1 aromatic rings. The molecule has 1 aliphatic rings. The minimum Gasteiger partial charge on any atom is -0.648 e. The molecule has 7 nitrogen and oxygen atoms in total. The van der Waals surface area contributed by atoms with E-state index in [1.165, 1.54) is 6.92 Å². The summed E-state index contributed by atoms with van der Waals surface area (Å²) in [5.74, 6) is -1.07. The first-order chi connectivity index (χ1) is 14.0. The molecule has 30 heavy (non-hydrogen) atoms. The summed E-state index contributed by atoms with van der Waals surface area (Å²) < 4.78 is 9.96. The normalized spacial score (nSPS) is 15.8. The molecule has 0 heterocycles. The van der Waals surface area contributed by atoms with Crippen molar-refractivity contribution in [1.82, 2.24) is 0 Å². The molecule has 0 bridgehead atoms. The van der Waals surface area contributed by atoms with Gasteiger partial charge in [0.1, 0.15) is 11.6 Å². The summed E-state index contributed by atoms with van der Waals surface area (Å²) in [6.45, 7) is 2.06. The summed E-state index contributed by atoms with van der Waals surface area (Å²) in [6.07, 6.45) is 3.79. The average Bonchev–Trinajstić information content (AvgIpc) is 2.70. The van der Waals surface area contributed by atoms with Crippen LogP contribution >= 0.6 is 0 Å². The van der Waals surface area contributed by atoms with Gasteiger partial charge in [0.05, 0.1) is 31.6 Å². The van der Waals surface area contributed by atoms with Gasteiger partial charge >= 0.3 is 64.2 Å². The van der Waals surface area contributed by atoms with Crippen LogP contribution in [0.1, 0.15) is 50.2 Å². The summed E-state index contributed by atoms with van der Waals surface area (Å²) in [6, 6.07) is 7.35. The number of ketones is 2. The van der Waals surface area contributed by atoms with Crippen molar-refractivity contribution in [3.8, 4) is 0 Å². The maximum atomic E-state index is 12.4. The zero-order valence-electron chi connectivity index (χ0n) is 17.9. The van der Waals surface area contributed by atoms with Gasteiger partial charge in [0.15, 0.2) is 0 Å². The number of benzene rings is 1. The number of ether oxygens (including phenoxy) is 2. The Bertz CT molecular complexity index is 719. The van der Waals surface area contributed by atoms with Crippen molar-refractivity contribution in [3.63, 3.8) is 0 Å². The van der Waals surface area contributed by atoms with E-state index in [4.69, 9.17) is 9.47 Å². The molecule has 8 heteroatoms. The Morgan fingerprint density at radius 2 is 1.77 bits per heavy atom. The molecule has 1 aromatic carbocycles. The first kappa shape index (κ1) is 27.3. The first-order valence-electron chi connectivity index (χ1n) is 10.0. The van der Waals surface area contributed by atoms with Crippen molar-refractivity contribution in [1.29, 1.82) is 0 Å². The molecule has 1 atom stereocenters. The van der Waals surface area contributed by atoms with Gasteiger partial charge in [0.25, 0.3) is 0 Å². The van der Waals surface area contributed by atoms with Crippen molar-refractivity contribution < 1.29 is 86.8 Å². The van der Waals surface area contributed by atoms with E-state index in [1.54, 1.807) is 0 Å². The van der Waals surface area contributed by atoms with Crippen LogP contribution in [-0.4, -0.2) is 43.3 Å². The van der Waals surface area contributed by atoms with E-state index >= 15 is 0 Å². The summed E-state index contributed by atoms with van der Waals surface area (Å²) in [5.41, 5.74) is 1.72. The zero-order valence-corrected chi connectivity index (χ0v) is 22.8. The number of carbonyl (C=O) groups is 4. The fourth-order valence-corrected chi connectivity index (χ4v) is 3.17. The second-order valence-electron chi connectivity index (χ2n) is 7.18. The quantitative estimate of drug-likeness (QED) is 0.246. The summed E-state index contributed by atoms with van der Waals surface area (Å²) in [5, 5.41) is 3.95. The van der Waals surface area contributed by atoms with E-state index in [-0.39, 0.29) is 108 Å². The predicted octanol–water partition coefficient (Wildman–Crippen LogP) is -0.0684. The van der Waals surface area contributed by atoms with Crippen molar-refractivity contribution in [3.05, 3.63) is 40.7 Å². The Hall–Kier alpha value is -0.735. The average molecular weight is 488 g/mol. The fourth-order valence-electron chi connectivity index (χ4n) is 3.17. The standard InChI is InChI=1S/C22H29NO6.Rb/c1-16(24)29-12-4-11-28-15-22(27)23-14-18-9-7-17(8-10-18)13-21(26)19-5-2-3-6-20(19)25;/h7-10,19H,2-6,11-15H2,1H3,(H,23,27);/q;+1/p-1. The molecule has 158 valence electrons. The van der Waals surface area contributed by atoms with Gasteiger partial charge in [-0.1, -0.05) is 36.2 Å². The zero-order chi connectivity index (χ0) is 21.1. The molecule has 0 saturated heterocycles. The number of hydrogen-bond acceptors (Lipinski definition) is 6. The van der Waals surface area contributed by atoms with Crippen LogP contribution in [0.4, 0.5) is 0 Å². The third-order valence-electron chi connectivity index (χ3n) is 4.75. The number of carbonyl (C=O) groups excluding carboxylic acids is 4. The predicted molar refractivity (Wildman–Crippen MR) is 106 cm³/mol. The Morgan fingerprint density at radius 1 is 1.07 bits per heavy atom. The van der Waals surface area contributed by atoms with Crippen molar-refractivity contribution in [2.75, 3.05) is 19.8 Å². The van der Waals surface area contributed by atoms with Gasteiger partial charge < -0.3 is 19.6 Å². The minimum absolute atomic E-state index is 0. The maximum absolute atomic E-state index is 12.4. The second kappa shape index (κ2) is 15.1. The summed E-state index contributed by atoms with van der Waals surface area (Å²) in [4.78, 5) is 46.6. The molecule has 0 aromatic heterocycles. The smallest absolute Gasteiger partial charge is 0.648 e. The van der Waals surface area contributed by atoms with Gasteiger partial charge in [0, 0.05) is 26.2 Å². The second-order valence-corrected chi connectivity index (χ2v) is 7.18. The van der Waals surface area contributed by atoms with Gasteiger partial charge in [0.2, 0.25) is 0 Å². The van der Waals surface area contributed by atoms with Gasteiger partial charge in [-0.05, 0) is 18.4 Å². The van der Waals surface area contributed by atoms with Gasteiger partial charge in [-0.3, -0.25) is 14.4 Å². The number of nitrogens with zero attached hydrogens (tertiary/aromatic N) is 1. The van der Waals surface area contributed by atoms with Crippen LogP contribution in [-0.2, 0) is 41.6 Å². The van der Waals surface area contributed by atoms with Crippen LogP contribution in [0, 0.1) is 5.92 Å². The van der Waals surface area contributed by atoms with E-state index in [2.05, 4.69) is 5.32 Å². The van der Waals surface area contributed by atoms with Crippen LogP contribution in [0.15, 0.2) is 24.3 Å². The fraction of sp³-hybridized carbons (Fsp3) is 0.545. The first-order valence-corrected chi connectivity index (χ1v) is 10.0. The third kappa shape index (κ3) is 10.5. The van der Waals surface area contributed by atoms with Crippen LogP contribution < -0.4 is 58.2 Å². The molecule has 1 aliphatic carbocycles. The molecular formula is C22H28NO6Rb. The van der Waals surface area contributed by atoms with Gasteiger partial charge in [-0.15, -0.1) is 6.54 Å². The maximum Gasteiger partial charge on any atom is 1.00 e. The molecule has 1 unspecified atom stereocenters. The largest absolute Gasteiger partial charge is 1.00 e. The van der Waals surface area contributed by atoms with Crippen LogP contribution in [0.5, 0.6) is 0 Å². The number of hydrogen-bond donors (Lipinski definition) is 0. The molecule has 0 radical (unpaired) electrons. The number of amides is 1. The molecule has 2 rings (SSSR count). The van der Waals surface area contributed by atoms with E-state index in [0.717, 1.165) is 24.0 Å². The van der Waals surface area contributed by atoms with Crippen molar-refractivity contribution >= 4 is 23.4 Å². The Kier molecular flexibility index (Phi) is 13.8. The van der Waals surface area contributed by atoms with Crippen LogP contribution in [0.3, 0.4) is 0 Å². The number of rotatable bonds is 11. The summed E-state index contributed by atoms with van der Waals surface area (Å²) >= 11 is 0. The molecule has 1 fully saturated rings. The van der Waals surface area contributed by atoms with Crippen LogP contribution in [0.25, 0.3) is 5.32 Å². The minimum atomic E-state index is -0.440. The number of Topliss-reactive ketones (excluding diaryl/α,β-unsaturated/α-hetero) is 2. The Labute approximate surface area is 226 Å². The Balaban J connectivity index is 0.00000450. The third-order valence-corrected chi connectivity index (χ3v) is 4.75. The van der Waals surface area contributed by atoms with Crippen LogP contribution in [0.2, 0.25) is 0 Å². The molecule has 1 saturated carbocycles. The van der Waals surface area contributed by atoms with Gasteiger partial charge in [-0.25, -0.2) is 0 Å². The van der Waals surface area contributed by atoms with Crippen molar-refractivity contribution in [2.24, 2.45) is 5.92 Å². The molecular weight excluding hydrogens is 460 g/mol. The van der Waals surface area contributed by atoms with Crippen molar-refractivity contribution in [2.45, 2.75) is 52.0 Å². The van der Waals surface area contributed by atoms with E-state index in [9.17, 15) is 19.2 Å². The summed E-state index contributed by atoms with van der Waals surface area (Å²) in [7, 11) is 0. The van der Waals surface area contributed by atoms with E-state index < -0.39 is 5.92 Å². The SMILES string of the molecule is CC(=O)OCCCOCC(=O)[N-]Cc1ccc(CC(=O)C2CCCCC2=O)cc1.[Rb+]. The molecule has 0 aliphatic heterocycles. The molecule has 1 amide bonds. The molecule has 0 N–H and O–H groups in total. The Morgan fingerprint density at radius 3 is 2.43 bits per heavy atom. The van der Waals surface area contributed by atoms with E-state index in [1.807, 2.05) is 24.3 Å². The van der Waals surface area contributed by atoms with Gasteiger partial charge in [-0.2, -0.15) is 0 Å².